The van der Waals surface area contributed by atoms with Crippen molar-refractivity contribution in [2.75, 3.05) is 16.8 Å². The second kappa shape index (κ2) is 6.10. The van der Waals surface area contributed by atoms with E-state index >= 15 is 0 Å². The highest BCUT2D eigenvalue weighted by Gasteiger charge is 2.37. The molecular weight excluding hydrogens is 306 g/mol. The second-order valence-corrected chi connectivity index (χ2v) is 7.99. The summed E-state index contributed by atoms with van der Waals surface area (Å²) in [5.74, 6) is -0.0165. The molecule has 1 aliphatic heterocycles. The standard InChI is InChI=1S/C10H13N3O3S3/c1-10(3-2-4-18-10)7(16)11-8-12-13-9(19-8)17-5-6(14)15/h2-5H2,1H3,(H,14,15)(H,11,12,16). The highest BCUT2D eigenvalue weighted by atomic mass is 32.2. The van der Waals surface area contributed by atoms with E-state index in [4.69, 9.17) is 5.11 Å². The molecule has 1 atom stereocenters. The molecule has 1 aromatic heterocycles. The fraction of sp³-hybridized carbons (Fsp3) is 0.600. The molecule has 19 heavy (non-hydrogen) atoms. The quantitative estimate of drug-likeness (QED) is 0.633. The van der Waals surface area contributed by atoms with Gasteiger partial charge in [-0.15, -0.1) is 22.0 Å². The third kappa shape index (κ3) is 3.83. The lowest BCUT2D eigenvalue weighted by molar-refractivity contribution is -0.133. The predicted molar refractivity (Wildman–Crippen MR) is 77.0 cm³/mol. The van der Waals surface area contributed by atoms with Gasteiger partial charge >= 0.3 is 5.97 Å². The number of carbonyl (C=O) groups is 2. The van der Waals surface area contributed by atoms with Crippen LogP contribution in [0.25, 0.3) is 0 Å². The number of thioether (sulfide) groups is 2. The van der Waals surface area contributed by atoms with Crippen LogP contribution in [0.5, 0.6) is 0 Å². The molecule has 104 valence electrons. The number of hydrogen-bond donors (Lipinski definition) is 2. The summed E-state index contributed by atoms with van der Waals surface area (Å²) in [6, 6.07) is 0. The first kappa shape index (κ1) is 14.6. The highest BCUT2D eigenvalue weighted by molar-refractivity contribution is 8.02. The lowest BCUT2D eigenvalue weighted by Gasteiger charge is -2.20. The van der Waals surface area contributed by atoms with Gasteiger partial charge in [-0.05, 0) is 25.5 Å². The van der Waals surface area contributed by atoms with E-state index in [0.29, 0.717) is 9.47 Å². The maximum absolute atomic E-state index is 12.1. The second-order valence-electron chi connectivity index (χ2n) is 4.19. The van der Waals surface area contributed by atoms with Crippen LogP contribution in [0.15, 0.2) is 4.34 Å². The fourth-order valence-electron chi connectivity index (χ4n) is 1.63. The molecule has 1 aromatic rings. The fourth-order valence-corrected chi connectivity index (χ4v) is 4.31. The van der Waals surface area contributed by atoms with E-state index in [1.54, 1.807) is 11.8 Å². The van der Waals surface area contributed by atoms with Gasteiger partial charge in [0.25, 0.3) is 0 Å². The number of anilines is 1. The monoisotopic (exact) mass is 319 g/mol. The molecule has 0 saturated carbocycles. The molecule has 1 saturated heterocycles. The van der Waals surface area contributed by atoms with Gasteiger partial charge < -0.3 is 5.11 Å². The molecule has 2 N–H and O–H groups in total. The molecule has 6 nitrogen and oxygen atoms in total. The summed E-state index contributed by atoms with van der Waals surface area (Å²) < 4.78 is 0.155. The molecule has 1 fully saturated rings. The summed E-state index contributed by atoms with van der Waals surface area (Å²) in [6.07, 6.45) is 1.91. The van der Waals surface area contributed by atoms with Gasteiger partial charge in [-0.3, -0.25) is 14.9 Å². The Morgan fingerprint density at radius 3 is 2.95 bits per heavy atom. The summed E-state index contributed by atoms with van der Waals surface area (Å²) >= 11 is 3.95. The Bertz CT molecular complexity index is 485. The molecule has 1 aliphatic rings. The summed E-state index contributed by atoms with van der Waals surface area (Å²) in [5.41, 5.74) is 0. The van der Waals surface area contributed by atoms with Crippen molar-refractivity contribution >= 4 is 51.9 Å². The van der Waals surface area contributed by atoms with Crippen LogP contribution in [0, 0.1) is 0 Å². The molecule has 0 bridgehead atoms. The number of hydrogen-bond acceptors (Lipinski definition) is 7. The topological polar surface area (TPSA) is 92.2 Å². The summed E-state index contributed by atoms with van der Waals surface area (Å²) in [6.45, 7) is 1.93. The highest BCUT2D eigenvalue weighted by Crippen LogP contribution is 2.38. The Labute approximate surface area is 122 Å². The minimum atomic E-state index is -0.902. The van der Waals surface area contributed by atoms with Crippen LogP contribution in [-0.4, -0.2) is 43.4 Å². The van der Waals surface area contributed by atoms with Crippen molar-refractivity contribution in [3.63, 3.8) is 0 Å². The Balaban J connectivity index is 1.92. The summed E-state index contributed by atoms with van der Waals surface area (Å²) in [7, 11) is 0. The van der Waals surface area contributed by atoms with Gasteiger partial charge in [0.2, 0.25) is 11.0 Å². The lowest BCUT2D eigenvalue weighted by atomic mass is 10.1. The van der Waals surface area contributed by atoms with Gasteiger partial charge in [0, 0.05) is 0 Å². The SMILES string of the molecule is CC1(C(=O)Nc2nnc(SCC(=O)O)s2)CCCS1. The molecular formula is C10H13N3O3S3. The average Bonchev–Trinajstić information content (AvgIpc) is 2.97. The van der Waals surface area contributed by atoms with Crippen LogP contribution in [-0.2, 0) is 9.59 Å². The summed E-state index contributed by atoms with van der Waals surface area (Å²) in [4.78, 5) is 22.6. The van der Waals surface area contributed by atoms with Gasteiger partial charge in [-0.1, -0.05) is 23.1 Å². The van der Waals surface area contributed by atoms with Gasteiger partial charge in [0.05, 0.1) is 10.5 Å². The molecule has 0 spiro atoms. The third-order valence-corrected chi connectivity index (χ3v) is 6.12. The van der Waals surface area contributed by atoms with Crippen LogP contribution in [0.2, 0.25) is 0 Å². The van der Waals surface area contributed by atoms with Gasteiger partial charge in [-0.2, -0.15) is 0 Å². The van der Waals surface area contributed by atoms with E-state index in [2.05, 4.69) is 15.5 Å². The van der Waals surface area contributed by atoms with Crippen molar-refractivity contribution in [2.24, 2.45) is 0 Å². The van der Waals surface area contributed by atoms with Crippen molar-refractivity contribution in [2.45, 2.75) is 28.9 Å². The molecule has 0 aromatic carbocycles. The summed E-state index contributed by atoms with van der Waals surface area (Å²) in [5, 5.41) is 19.4. The molecule has 0 aliphatic carbocycles. The Morgan fingerprint density at radius 1 is 1.53 bits per heavy atom. The van der Waals surface area contributed by atoms with E-state index < -0.39 is 5.97 Å². The first-order valence-corrected chi connectivity index (χ1v) is 8.42. The lowest BCUT2D eigenvalue weighted by Crippen LogP contribution is -2.34. The first-order valence-electron chi connectivity index (χ1n) is 5.63. The Kier molecular flexibility index (Phi) is 4.69. The van der Waals surface area contributed by atoms with E-state index in [0.717, 1.165) is 30.4 Å². The Hall–Kier alpha value is -0.800. The number of amides is 1. The minimum absolute atomic E-state index is 0.0547. The van der Waals surface area contributed by atoms with Crippen molar-refractivity contribution in [1.82, 2.24) is 10.2 Å². The number of carboxylic acid groups (broad SMARTS) is 1. The van der Waals surface area contributed by atoms with Gasteiger partial charge in [0.1, 0.15) is 0 Å². The number of rotatable bonds is 5. The predicted octanol–water partition coefficient (Wildman–Crippen LogP) is 1.94. The molecule has 2 rings (SSSR count). The van der Waals surface area contributed by atoms with Crippen LogP contribution in [0.3, 0.4) is 0 Å². The number of nitrogens with zero attached hydrogens (tertiary/aromatic N) is 2. The van der Waals surface area contributed by atoms with Crippen molar-refractivity contribution in [3.05, 3.63) is 0 Å². The maximum atomic E-state index is 12.1. The van der Waals surface area contributed by atoms with Crippen LogP contribution in [0.4, 0.5) is 5.13 Å². The Morgan fingerprint density at radius 2 is 2.32 bits per heavy atom. The van der Waals surface area contributed by atoms with E-state index in [-0.39, 0.29) is 16.4 Å². The maximum Gasteiger partial charge on any atom is 0.313 e. The molecule has 0 radical (unpaired) electrons. The van der Waals surface area contributed by atoms with Crippen LogP contribution >= 0.6 is 34.9 Å². The molecule has 1 unspecified atom stereocenters. The first-order chi connectivity index (χ1) is 8.99. The minimum Gasteiger partial charge on any atom is -0.481 e. The van der Waals surface area contributed by atoms with Crippen molar-refractivity contribution in [1.29, 1.82) is 0 Å². The molecule has 9 heteroatoms. The largest absolute Gasteiger partial charge is 0.481 e. The number of aromatic nitrogens is 2. The average molecular weight is 319 g/mol. The molecule has 2 heterocycles. The number of carboxylic acids is 1. The number of carbonyl (C=O) groups excluding carboxylic acids is 1. The van der Waals surface area contributed by atoms with E-state index in [9.17, 15) is 9.59 Å². The zero-order valence-electron chi connectivity index (χ0n) is 10.2. The van der Waals surface area contributed by atoms with Crippen LogP contribution < -0.4 is 5.32 Å². The van der Waals surface area contributed by atoms with Gasteiger partial charge in [0.15, 0.2) is 4.34 Å². The molecule has 1 amide bonds. The van der Waals surface area contributed by atoms with Crippen molar-refractivity contribution < 1.29 is 14.7 Å². The van der Waals surface area contributed by atoms with E-state index in [1.807, 2.05) is 6.92 Å². The van der Waals surface area contributed by atoms with Gasteiger partial charge in [-0.25, -0.2) is 0 Å². The van der Waals surface area contributed by atoms with Crippen LogP contribution in [0.1, 0.15) is 19.8 Å². The number of aliphatic carboxylic acids is 1. The zero-order chi connectivity index (χ0) is 13.9. The smallest absolute Gasteiger partial charge is 0.313 e. The third-order valence-electron chi connectivity index (χ3n) is 2.65. The van der Waals surface area contributed by atoms with Crippen molar-refractivity contribution in [3.8, 4) is 0 Å². The normalized spacial score (nSPS) is 22.4. The number of nitrogens with one attached hydrogen (secondary N) is 1. The zero-order valence-corrected chi connectivity index (χ0v) is 12.7. The van der Waals surface area contributed by atoms with E-state index in [1.165, 1.54) is 11.3 Å².